The van der Waals surface area contributed by atoms with Crippen LogP contribution in [-0.2, 0) is 4.74 Å². The molecule has 0 aromatic heterocycles. The molecule has 0 aliphatic heterocycles. The lowest BCUT2D eigenvalue weighted by molar-refractivity contribution is -0.394. The molecule has 0 saturated heterocycles. The van der Waals surface area contributed by atoms with Crippen molar-refractivity contribution in [3.8, 4) is 0 Å². The van der Waals surface area contributed by atoms with E-state index in [-0.39, 0.29) is 11.1 Å². The molecule has 0 saturated carbocycles. The molecule has 2 aromatic rings. The van der Waals surface area contributed by atoms with Crippen LogP contribution in [0.2, 0.25) is 0 Å². The molecule has 0 heterocycles. The molecule has 27 heavy (non-hydrogen) atoms. The summed E-state index contributed by atoms with van der Waals surface area (Å²) >= 11 is 0. The minimum atomic E-state index is -0.830. The molecule has 2 atom stereocenters. The molecule has 0 radical (unpaired) electrons. The monoisotopic (exact) mass is 377 g/mol. The quantitative estimate of drug-likeness (QED) is 0.584. The number of methoxy groups -OCH3 is 1. The lowest BCUT2D eigenvalue weighted by atomic mass is 10.0. The number of nitro benzene ring substituents is 2. The third-order valence-electron chi connectivity index (χ3n) is 3.86. The number of benzene rings is 2. The van der Waals surface area contributed by atoms with Crippen molar-refractivity contribution in [1.82, 2.24) is 5.32 Å². The van der Waals surface area contributed by atoms with Gasteiger partial charge in [0.25, 0.3) is 17.3 Å². The first kappa shape index (κ1) is 19.9. The number of hydrogen-bond acceptors (Lipinski definition) is 6. The number of nitrogens with zero attached hydrogens (tertiary/aromatic N) is 2. The lowest BCUT2D eigenvalue weighted by Crippen LogP contribution is -2.38. The summed E-state index contributed by atoms with van der Waals surface area (Å²) in [5.74, 6) is -1.30. The van der Waals surface area contributed by atoms with Crippen LogP contribution in [0.4, 0.5) is 15.8 Å². The Bertz CT molecular complexity index is 856. The third kappa shape index (κ3) is 4.61. The molecule has 2 aromatic carbocycles. The van der Waals surface area contributed by atoms with Crippen LogP contribution in [0, 0.1) is 26.0 Å². The van der Waals surface area contributed by atoms with Crippen molar-refractivity contribution in [2.75, 3.05) is 7.11 Å². The van der Waals surface area contributed by atoms with Crippen molar-refractivity contribution in [3.05, 3.63) is 79.6 Å². The summed E-state index contributed by atoms with van der Waals surface area (Å²) in [4.78, 5) is 32.7. The zero-order valence-electron chi connectivity index (χ0n) is 14.4. The zero-order chi connectivity index (χ0) is 20.1. The molecular weight excluding hydrogens is 361 g/mol. The van der Waals surface area contributed by atoms with Gasteiger partial charge in [-0.15, -0.1) is 0 Å². The minimum absolute atomic E-state index is 0.220. The van der Waals surface area contributed by atoms with Gasteiger partial charge in [0, 0.05) is 24.8 Å². The van der Waals surface area contributed by atoms with Crippen molar-refractivity contribution in [2.45, 2.75) is 19.1 Å². The second kappa shape index (κ2) is 8.32. The van der Waals surface area contributed by atoms with Crippen LogP contribution in [0.3, 0.4) is 0 Å². The predicted octanol–water partition coefficient (Wildman–Crippen LogP) is 3.15. The van der Waals surface area contributed by atoms with Crippen LogP contribution in [0.1, 0.15) is 28.9 Å². The highest BCUT2D eigenvalue weighted by Gasteiger charge is 2.25. The van der Waals surface area contributed by atoms with E-state index < -0.39 is 45.1 Å². The van der Waals surface area contributed by atoms with E-state index in [1.807, 2.05) is 0 Å². The first-order valence-electron chi connectivity index (χ1n) is 7.76. The lowest BCUT2D eigenvalue weighted by Gasteiger charge is -2.24. The van der Waals surface area contributed by atoms with E-state index in [4.69, 9.17) is 4.74 Å². The molecule has 10 heteroatoms. The van der Waals surface area contributed by atoms with Gasteiger partial charge in [-0.25, -0.2) is 4.39 Å². The number of amides is 1. The summed E-state index contributed by atoms with van der Waals surface area (Å²) in [7, 11) is 1.35. The molecule has 0 aliphatic carbocycles. The van der Waals surface area contributed by atoms with Crippen LogP contribution >= 0.6 is 0 Å². The van der Waals surface area contributed by atoms with E-state index in [9.17, 15) is 29.4 Å². The summed E-state index contributed by atoms with van der Waals surface area (Å²) in [6, 6.07) is 7.78. The largest absolute Gasteiger partial charge is 0.375 e. The predicted molar refractivity (Wildman–Crippen MR) is 92.8 cm³/mol. The number of hydrogen-bond donors (Lipinski definition) is 1. The summed E-state index contributed by atoms with van der Waals surface area (Å²) in [5.41, 5.74) is -1.21. The smallest absolute Gasteiger partial charge is 0.277 e. The molecule has 0 aliphatic rings. The van der Waals surface area contributed by atoms with Gasteiger partial charge in [-0.3, -0.25) is 25.0 Å². The highest BCUT2D eigenvalue weighted by atomic mass is 19.1. The van der Waals surface area contributed by atoms with Crippen molar-refractivity contribution < 1.29 is 23.8 Å². The van der Waals surface area contributed by atoms with Gasteiger partial charge in [0.2, 0.25) is 0 Å². The van der Waals surface area contributed by atoms with Gasteiger partial charge in [-0.1, -0.05) is 18.2 Å². The fourth-order valence-electron chi connectivity index (χ4n) is 2.61. The summed E-state index contributed by atoms with van der Waals surface area (Å²) in [5, 5.41) is 24.4. The first-order chi connectivity index (χ1) is 12.7. The van der Waals surface area contributed by atoms with Gasteiger partial charge >= 0.3 is 0 Å². The van der Waals surface area contributed by atoms with Crippen LogP contribution in [0.25, 0.3) is 0 Å². The second-order valence-corrected chi connectivity index (χ2v) is 5.69. The van der Waals surface area contributed by atoms with Crippen LogP contribution in [-0.4, -0.2) is 28.9 Å². The Kier molecular flexibility index (Phi) is 6.14. The minimum Gasteiger partial charge on any atom is -0.375 e. The molecule has 0 fully saturated rings. The van der Waals surface area contributed by atoms with Crippen LogP contribution < -0.4 is 5.32 Å². The number of nitro groups is 2. The summed E-state index contributed by atoms with van der Waals surface area (Å²) in [6.07, 6.45) is -0.830. The van der Waals surface area contributed by atoms with E-state index in [0.29, 0.717) is 0 Å². The van der Waals surface area contributed by atoms with E-state index in [1.54, 1.807) is 13.0 Å². The van der Waals surface area contributed by atoms with E-state index in [2.05, 4.69) is 5.32 Å². The van der Waals surface area contributed by atoms with E-state index in [1.165, 1.54) is 25.3 Å². The fraction of sp³-hybridized carbons (Fsp3) is 0.235. The van der Waals surface area contributed by atoms with Gasteiger partial charge in [-0.05, 0) is 13.0 Å². The molecule has 1 amide bonds. The average molecular weight is 377 g/mol. The van der Waals surface area contributed by atoms with Gasteiger partial charge in [-0.2, -0.15) is 0 Å². The number of ether oxygens (including phenoxy) is 1. The Morgan fingerprint density at radius 2 is 1.67 bits per heavy atom. The summed E-state index contributed by atoms with van der Waals surface area (Å²) < 4.78 is 19.3. The van der Waals surface area contributed by atoms with Crippen LogP contribution in [0.5, 0.6) is 0 Å². The number of rotatable bonds is 7. The van der Waals surface area contributed by atoms with Gasteiger partial charge < -0.3 is 10.1 Å². The molecular formula is C17H16FN3O6. The standard InChI is InChI=1S/C17H16FN3O6/c1-10(16(27-2)14-5-3-4-6-15(14)18)19-17(22)11-7-12(20(23)24)9-13(8-11)21(25)26/h3-10,16H,1-2H3,(H,19,22). The Hall–Kier alpha value is -3.40. The van der Waals surface area contributed by atoms with E-state index in [0.717, 1.165) is 18.2 Å². The fourth-order valence-corrected chi connectivity index (χ4v) is 2.61. The van der Waals surface area contributed by atoms with Crippen molar-refractivity contribution >= 4 is 17.3 Å². The first-order valence-corrected chi connectivity index (χ1v) is 7.76. The molecule has 142 valence electrons. The molecule has 9 nitrogen and oxygen atoms in total. The maximum Gasteiger partial charge on any atom is 0.277 e. The number of halogens is 1. The molecule has 1 N–H and O–H groups in total. The Balaban J connectivity index is 2.29. The van der Waals surface area contributed by atoms with Crippen molar-refractivity contribution in [3.63, 3.8) is 0 Å². The van der Waals surface area contributed by atoms with Gasteiger partial charge in [0.1, 0.15) is 11.9 Å². The normalized spacial score (nSPS) is 12.9. The van der Waals surface area contributed by atoms with E-state index >= 15 is 0 Å². The highest BCUT2D eigenvalue weighted by Crippen LogP contribution is 2.25. The third-order valence-corrected chi connectivity index (χ3v) is 3.86. The Morgan fingerprint density at radius 1 is 1.11 bits per heavy atom. The second-order valence-electron chi connectivity index (χ2n) is 5.69. The highest BCUT2D eigenvalue weighted by molar-refractivity contribution is 5.95. The van der Waals surface area contributed by atoms with Crippen molar-refractivity contribution in [1.29, 1.82) is 0 Å². The molecule has 2 unspecified atom stereocenters. The van der Waals surface area contributed by atoms with Gasteiger partial charge in [0.05, 0.1) is 27.5 Å². The topological polar surface area (TPSA) is 125 Å². The van der Waals surface area contributed by atoms with Gasteiger partial charge in [0.15, 0.2) is 0 Å². The molecule has 2 rings (SSSR count). The Labute approximate surface area is 153 Å². The van der Waals surface area contributed by atoms with Crippen LogP contribution in [0.15, 0.2) is 42.5 Å². The maximum atomic E-state index is 14.0. The number of nitrogens with one attached hydrogen (secondary N) is 1. The number of carbonyl (C=O) groups is 1. The van der Waals surface area contributed by atoms with Crippen molar-refractivity contribution in [2.24, 2.45) is 0 Å². The number of carbonyl (C=O) groups excluding carboxylic acids is 1. The summed E-state index contributed by atoms with van der Waals surface area (Å²) in [6.45, 7) is 1.56. The SMILES string of the molecule is COC(c1ccccc1F)C(C)NC(=O)c1cc([N+](=O)[O-])cc([N+](=O)[O-])c1. The Morgan fingerprint density at radius 3 is 2.15 bits per heavy atom. The number of non-ortho nitro benzene ring substituents is 2. The average Bonchev–Trinajstić information content (AvgIpc) is 2.63. The zero-order valence-corrected chi connectivity index (χ0v) is 14.4. The molecule has 0 spiro atoms. The molecule has 0 bridgehead atoms. The maximum absolute atomic E-state index is 14.0.